The van der Waals surface area contributed by atoms with Crippen LogP contribution < -0.4 is 5.32 Å². The summed E-state index contributed by atoms with van der Waals surface area (Å²) in [5.41, 5.74) is 1.79. The normalized spacial score (nSPS) is 11.3. The number of aromatic nitrogens is 3. The van der Waals surface area contributed by atoms with Gasteiger partial charge in [-0.3, -0.25) is 25.3 Å². The van der Waals surface area contributed by atoms with Gasteiger partial charge in [-0.1, -0.05) is 56.6 Å². The summed E-state index contributed by atoms with van der Waals surface area (Å²) < 4.78 is 0. The summed E-state index contributed by atoms with van der Waals surface area (Å²) in [5, 5.41) is 20.2. The Morgan fingerprint density at radius 1 is 1.18 bits per heavy atom. The fourth-order valence-corrected chi connectivity index (χ4v) is 2.73. The van der Waals surface area contributed by atoms with E-state index in [2.05, 4.69) is 41.3 Å². The highest BCUT2D eigenvalue weighted by atomic mass is 35.5. The third kappa shape index (κ3) is 4.17. The lowest BCUT2D eigenvalue weighted by Crippen LogP contribution is -2.13. The molecule has 0 radical (unpaired) electrons. The van der Waals surface area contributed by atoms with Crippen molar-refractivity contribution in [2.75, 3.05) is 5.32 Å². The van der Waals surface area contributed by atoms with Crippen LogP contribution in [0.2, 0.25) is 5.02 Å². The number of aromatic amines is 1. The van der Waals surface area contributed by atoms with Crippen LogP contribution in [0.25, 0.3) is 11.4 Å². The molecule has 8 nitrogen and oxygen atoms in total. The average Bonchev–Trinajstić information content (AvgIpc) is 3.09. The molecular weight excluding hydrogens is 382 g/mol. The van der Waals surface area contributed by atoms with E-state index in [9.17, 15) is 14.9 Å². The van der Waals surface area contributed by atoms with Crippen molar-refractivity contribution in [2.24, 2.45) is 0 Å². The van der Waals surface area contributed by atoms with E-state index in [-0.39, 0.29) is 27.6 Å². The maximum Gasteiger partial charge on any atom is 0.288 e. The third-order valence-corrected chi connectivity index (χ3v) is 4.46. The number of nitro benzene ring substituents is 1. The lowest BCUT2D eigenvalue weighted by molar-refractivity contribution is -0.384. The highest BCUT2D eigenvalue weighted by Crippen LogP contribution is 2.26. The fourth-order valence-electron chi connectivity index (χ4n) is 2.54. The molecule has 0 saturated heterocycles. The van der Waals surface area contributed by atoms with E-state index in [4.69, 9.17) is 11.6 Å². The topological polar surface area (TPSA) is 114 Å². The van der Waals surface area contributed by atoms with E-state index < -0.39 is 10.8 Å². The SMILES string of the molecule is CC(C)(C)c1ccc(-c2nc(NC(=O)c3ccc(Cl)c([N+](=O)[O-])c3)n[nH]2)cc1. The van der Waals surface area contributed by atoms with Crippen molar-refractivity contribution < 1.29 is 9.72 Å². The molecule has 0 aliphatic rings. The number of nitrogens with zero attached hydrogens (tertiary/aromatic N) is 3. The number of rotatable bonds is 4. The van der Waals surface area contributed by atoms with Gasteiger partial charge in [0.2, 0.25) is 5.95 Å². The van der Waals surface area contributed by atoms with E-state index >= 15 is 0 Å². The van der Waals surface area contributed by atoms with Crippen molar-refractivity contribution in [3.63, 3.8) is 0 Å². The number of carbonyl (C=O) groups is 1. The molecule has 28 heavy (non-hydrogen) atoms. The summed E-state index contributed by atoms with van der Waals surface area (Å²) in [7, 11) is 0. The largest absolute Gasteiger partial charge is 0.289 e. The van der Waals surface area contributed by atoms with Crippen LogP contribution in [-0.4, -0.2) is 26.0 Å². The molecule has 1 aromatic heterocycles. The zero-order valence-corrected chi connectivity index (χ0v) is 16.2. The van der Waals surface area contributed by atoms with Crippen molar-refractivity contribution in [3.8, 4) is 11.4 Å². The second-order valence-corrected chi connectivity index (χ2v) is 7.62. The van der Waals surface area contributed by atoms with Crippen LogP contribution in [0.15, 0.2) is 42.5 Å². The first-order valence-corrected chi connectivity index (χ1v) is 8.81. The molecule has 9 heteroatoms. The van der Waals surface area contributed by atoms with Crippen LogP contribution in [0.1, 0.15) is 36.7 Å². The van der Waals surface area contributed by atoms with E-state index in [1.165, 1.54) is 17.7 Å². The molecule has 0 aliphatic carbocycles. The maximum absolute atomic E-state index is 12.3. The summed E-state index contributed by atoms with van der Waals surface area (Å²) in [6.45, 7) is 6.39. The van der Waals surface area contributed by atoms with Crippen LogP contribution in [-0.2, 0) is 5.41 Å². The van der Waals surface area contributed by atoms with Crippen molar-refractivity contribution in [3.05, 3.63) is 68.7 Å². The Hall–Kier alpha value is -3.26. The minimum atomic E-state index is -0.648. The van der Waals surface area contributed by atoms with Gasteiger partial charge in [0.25, 0.3) is 11.6 Å². The summed E-state index contributed by atoms with van der Waals surface area (Å²) in [5.74, 6) is -0.0104. The maximum atomic E-state index is 12.3. The van der Waals surface area contributed by atoms with Gasteiger partial charge >= 0.3 is 0 Å². The minimum absolute atomic E-state index is 0.0413. The van der Waals surface area contributed by atoms with Gasteiger partial charge in [0.05, 0.1) is 4.92 Å². The van der Waals surface area contributed by atoms with Crippen molar-refractivity contribution >= 4 is 29.1 Å². The zero-order valence-electron chi connectivity index (χ0n) is 15.5. The molecule has 0 saturated carbocycles. The number of amides is 1. The van der Waals surface area contributed by atoms with Gasteiger partial charge in [-0.15, -0.1) is 5.10 Å². The van der Waals surface area contributed by atoms with Crippen LogP contribution in [0.5, 0.6) is 0 Å². The smallest absolute Gasteiger partial charge is 0.288 e. The Morgan fingerprint density at radius 2 is 1.86 bits per heavy atom. The van der Waals surface area contributed by atoms with Gasteiger partial charge in [0.15, 0.2) is 5.82 Å². The number of hydrogen-bond acceptors (Lipinski definition) is 5. The molecule has 0 aliphatic heterocycles. The Labute approximate surface area is 166 Å². The van der Waals surface area contributed by atoms with Gasteiger partial charge in [-0.25, -0.2) is 0 Å². The lowest BCUT2D eigenvalue weighted by atomic mass is 9.87. The van der Waals surface area contributed by atoms with Crippen molar-refractivity contribution in [1.29, 1.82) is 0 Å². The van der Waals surface area contributed by atoms with Crippen molar-refractivity contribution in [2.45, 2.75) is 26.2 Å². The number of H-pyrrole nitrogens is 1. The van der Waals surface area contributed by atoms with E-state index in [1.54, 1.807) is 0 Å². The first kappa shape index (κ1) is 19.5. The highest BCUT2D eigenvalue weighted by Gasteiger charge is 2.18. The zero-order chi connectivity index (χ0) is 20.5. The molecule has 3 rings (SSSR count). The molecule has 3 aromatic rings. The molecule has 1 heterocycles. The molecule has 2 aromatic carbocycles. The summed E-state index contributed by atoms with van der Waals surface area (Å²) in [6.07, 6.45) is 0. The molecule has 0 fully saturated rings. The van der Waals surface area contributed by atoms with Crippen molar-refractivity contribution in [1.82, 2.24) is 15.2 Å². The Kier molecular flexibility index (Phi) is 5.15. The molecule has 0 unspecified atom stereocenters. The molecule has 0 atom stereocenters. The Balaban J connectivity index is 1.77. The predicted octanol–water partition coefficient (Wildman–Crippen LogP) is 4.58. The van der Waals surface area contributed by atoms with E-state index in [0.29, 0.717) is 5.82 Å². The van der Waals surface area contributed by atoms with Gasteiger partial charge in [-0.05, 0) is 23.1 Å². The minimum Gasteiger partial charge on any atom is -0.289 e. The first-order chi connectivity index (χ1) is 13.1. The average molecular weight is 400 g/mol. The van der Waals surface area contributed by atoms with Crippen LogP contribution in [0.3, 0.4) is 0 Å². The molecule has 0 spiro atoms. The number of benzene rings is 2. The number of nitrogens with one attached hydrogen (secondary N) is 2. The Bertz CT molecular complexity index is 1040. The number of nitro groups is 1. The lowest BCUT2D eigenvalue weighted by Gasteiger charge is -2.18. The van der Waals surface area contributed by atoms with Gasteiger partial charge in [0.1, 0.15) is 5.02 Å². The molecule has 2 N–H and O–H groups in total. The number of carbonyl (C=O) groups excluding carboxylic acids is 1. The molecule has 1 amide bonds. The third-order valence-electron chi connectivity index (χ3n) is 4.14. The quantitative estimate of drug-likeness (QED) is 0.492. The van der Waals surface area contributed by atoms with E-state index in [0.717, 1.165) is 11.6 Å². The summed E-state index contributed by atoms with van der Waals surface area (Å²) in [4.78, 5) is 26.9. The van der Waals surface area contributed by atoms with Crippen LogP contribution in [0, 0.1) is 10.1 Å². The number of hydrogen-bond donors (Lipinski definition) is 2. The second-order valence-electron chi connectivity index (χ2n) is 7.21. The monoisotopic (exact) mass is 399 g/mol. The van der Waals surface area contributed by atoms with Crippen LogP contribution in [0.4, 0.5) is 11.6 Å². The predicted molar refractivity (Wildman–Crippen MR) is 107 cm³/mol. The number of halogens is 1. The molecule has 0 bridgehead atoms. The fraction of sp³-hybridized carbons (Fsp3) is 0.211. The number of anilines is 1. The summed E-state index contributed by atoms with van der Waals surface area (Å²) in [6, 6.07) is 11.7. The molecular formula is C19H18ClN5O3. The first-order valence-electron chi connectivity index (χ1n) is 8.44. The highest BCUT2D eigenvalue weighted by molar-refractivity contribution is 6.32. The van der Waals surface area contributed by atoms with Gasteiger partial charge < -0.3 is 0 Å². The van der Waals surface area contributed by atoms with Crippen LogP contribution >= 0.6 is 11.6 Å². The second kappa shape index (κ2) is 7.40. The molecule has 144 valence electrons. The summed E-state index contributed by atoms with van der Waals surface area (Å²) >= 11 is 5.76. The van der Waals surface area contributed by atoms with E-state index in [1.807, 2.05) is 24.3 Å². The van der Waals surface area contributed by atoms with Gasteiger partial charge in [0, 0.05) is 17.2 Å². The van der Waals surface area contributed by atoms with Gasteiger partial charge in [-0.2, -0.15) is 4.98 Å². The Morgan fingerprint density at radius 3 is 2.46 bits per heavy atom. The standard InChI is InChI=1S/C19H18ClN5O3/c1-19(2,3)13-7-4-11(5-8-13)16-21-18(24-23-16)22-17(26)12-6-9-14(20)15(10-12)25(27)28/h4-10H,1-3H3,(H2,21,22,23,24,26).